The summed E-state index contributed by atoms with van der Waals surface area (Å²) in [5.41, 5.74) is 11.1. The second kappa shape index (κ2) is 9.72. The Hall–Kier alpha value is -1.67. The lowest BCUT2D eigenvalue weighted by Gasteiger charge is -2.17. The van der Waals surface area contributed by atoms with E-state index in [4.69, 9.17) is 5.73 Å². The molecule has 2 heteroatoms. The number of hydrogen-bond donors (Lipinski definition) is 1. The van der Waals surface area contributed by atoms with E-state index in [0.717, 1.165) is 18.4 Å². The molecule has 2 unspecified atom stereocenters. The maximum Gasteiger partial charge on any atom is 0.0587 e. The Kier molecular flexibility index (Phi) is 7.64. The Morgan fingerprint density at radius 3 is 2.40 bits per heavy atom. The summed E-state index contributed by atoms with van der Waals surface area (Å²) in [5, 5.41) is 0.957. The van der Waals surface area contributed by atoms with Gasteiger partial charge < -0.3 is 5.73 Å². The molecule has 1 aliphatic rings. The number of benzene rings is 1. The molecule has 25 heavy (non-hydrogen) atoms. The first kappa shape index (κ1) is 19.7. The van der Waals surface area contributed by atoms with Crippen LogP contribution in [0.5, 0.6) is 0 Å². The van der Waals surface area contributed by atoms with Crippen molar-refractivity contribution >= 4 is 11.8 Å². The van der Waals surface area contributed by atoms with Crippen LogP contribution in [0.4, 0.5) is 0 Å². The minimum absolute atomic E-state index is 0.299. The molecular formula is C23H31NS. The Balaban J connectivity index is 1.88. The lowest BCUT2D eigenvalue weighted by atomic mass is 9.90. The average Bonchev–Trinajstić information content (AvgIpc) is 2.60. The molecule has 1 aliphatic carbocycles. The molecule has 2 N–H and O–H groups in total. The van der Waals surface area contributed by atoms with Crippen molar-refractivity contribution in [2.24, 2.45) is 11.7 Å². The Morgan fingerprint density at radius 2 is 1.84 bits per heavy atom. The van der Waals surface area contributed by atoms with Gasteiger partial charge in [-0.25, -0.2) is 0 Å². The minimum Gasteiger partial charge on any atom is -0.394 e. The fourth-order valence-electron chi connectivity index (χ4n) is 3.10. The molecule has 0 radical (unpaired) electrons. The van der Waals surface area contributed by atoms with Gasteiger partial charge in [-0.3, -0.25) is 0 Å². The lowest BCUT2D eigenvalue weighted by molar-refractivity contribution is 0.619. The molecule has 1 aromatic carbocycles. The number of aryl methyl sites for hydroxylation is 1. The highest BCUT2D eigenvalue weighted by molar-refractivity contribution is 8.03. The van der Waals surface area contributed by atoms with Crippen LogP contribution < -0.4 is 5.73 Å². The SMILES string of the molecule is C=C(N)SC(Cc1ccc(CCC(C)C2=CCCC=C2)cc1)C(=C)C. The predicted octanol–water partition coefficient (Wildman–Crippen LogP) is 6.18. The van der Waals surface area contributed by atoms with Gasteiger partial charge in [-0.05, 0) is 61.6 Å². The summed E-state index contributed by atoms with van der Waals surface area (Å²) < 4.78 is 0. The van der Waals surface area contributed by atoms with Crippen LogP contribution in [0.25, 0.3) is 0 Å². The first-order valence-electron chi connectivity index (χ1n) is 9.16. The summed E-state index contributed by atoms with van der Waals surface area (Å²) in [6.45, 7) is 12.3. The summed E-state index contributed by atoms with van der Waals surface area (Å²) in [6, 6.07) is 9.03. The average molecular weight is 354 g/mol. The lowest BCUT2D eigenvalue weighted by Crippen LogP contribution is -2.10. The number of thioether (sulfide) groups is 1. The van der Waals surface area contributed by atoms with Crippen LogP contribution in [0.2, 0.25) is 0 Å². The van der Waals surface area contributed by atoms with Crippen molar-refractivity contribution in [3.8, 4) is 0 Å². The number of nitrogens with two attached hydrogens (primary N) is 1. The molecule has 2 rings (SSSR count). The predicted molar refractivity (Wildman–Crippen MR) is 114 cm³/mol. The van der Waals surface area contributed by atoms with Crippen LogP contribution in [0.15, 0.2) is 71.8 Å². The van der Waals surface area contributed by atoms with E-state index < -0.39 is 0 Å². The molecule has 0 spiro atoms. The summed E-state index contributed by atoms with van der Waals surface area (Å²) in [5.74, 6) is 0.635. The van der Waals surface area contributed by atoms with E-state index in [2.05, 4.69) is 69.5 Å². The summed E-state index contributed by atoms with van der Waals surface area (Å²) in [4.78, 5) is 0. The fraction of sp³-hybridized carbons (Fsp3) is 0.391. The standard InChI is InChI=1S/C23H31NS/c1-17(2)23(25-19(4)24)16-21-14-12-20(13-15-21)11-10-18(3)22-8-6-5-7-9-22/h6,8-9,12-15,18,23H,1,4-5,7,10-11,16,24H2,2-3H3. The third-order valence-electron chi connectivity index (χ3n) is 4.75. The zero-order valence-electron chi connectivity index (χ0n) is 15.6. The van der Waals surface area contributed by atoms with Crippen LogP contribution in [-0.4, -0.2) is 5.25 Å². The van der Waals surface area contributed by atoms with Crippen molar-refractivity contribution in [3.05, 3.63) is 83.0 Å². The van der Waals surface area contributed by atoms with Gasteiger partial charge in [-0.1, -0.05) is 68.1 Å². The largest absolute Gasteiger partial charge is 0.394 e. The van der Waals surface area contributed by atoms with Crippen LogP contribution in [0.3, 0.4) is 0 Å². The molecule has 0 aliphatic heterocycles. The van der Waals surface area contributed by atoms with Crippen molar-refractivity contribution in [2.45, 2.75) is 51.2 Å². The molecule has 0 aromatic heterocycles. The van der Waals surface area contributed by atoms with Gasteiger partial charge in [0.25, 0.3) is 0 Å². The van der Waals surface area contributed by atoms with E-state index >= 15 is 0 Å². The van der Waals surface area contributed by atoms with Crippen LogP contribution in [0, 0.1) is 5.92 Å². The molecule has 1 aromatic rings. The zero-order chi connectivity index (χ0) is 18.2. The monoisotopic (exact) mass is 353 g/mol. The molecule has 1 nitrogen and oxygen atoms in total. The van der Waals surface area contributed by atoms with Gasteiger partial charge in [0.2, 0.25) is 0 Å². The van der Waals surface area contributed by atoms with Crippen molar-refractivity contribution in [1.82, 2.24) is 0 Å². The van der Waals surface area contributed by atoms with Gasteiger partial charge in [0.15, 0.2) is 0 Å². The van der Waals surface area contributed by atoms with Crippen LogP contribution in [0.1, 0.15) is 44.2 Å². The van der Waals surface area contributed by atoms with Crippen LogP contribution in [-0.2, 0) is 12.8 Å². The van der Waals surface area contributed by atoms with E-state index in [1.165, 1.54) is 36.0 Å². The second-order valence-electron chi connectivity index (χ2n) is 7.06. The van der Waals surface area contributed by atoms with Crippen LogP contribution >= 0.6 is 11.8 Å². The maximum atomic E-state index is 5.76. The van der Waals surface area contributed by atoms with Gasteiger partial charge in [-0.15, -0.1) is 11.8 Å². The third-order valence-corrected chi connectivity index (χ3v) is 5.90. The highest BCUT2D eigenvalue weighted by Gasteiger charge is 2.12. The third kappa shape index (κ3) is 6.62. The fourth-order valence-corrected chi connectivity index (χ4v) is 3.95. The van der Waals surface area contributed by atoms with Gasteiger partial charge >= 0.3 is 0 Å². The van der Waals surface area contributed by atoms with E-state index in [1.54, 1.807) is 11.8 Å². The van der Waals surface area contributed by atoms with Crippen molar-refractivity contribution in [2.75, 3.05) is 0 Å². The molecular weight excluding hydrogens is 322 g/mol. The molecule has 134 valence electrons. The summed E-state index contributed by atoms with van der Waals surface area (Å²) >= 11 is 1.61. The molecule has 0 saturated carbocycles. The Labute approximate surface area is 157 Å². The molecule has 0 bridgehead atoms. The van der Waals surface area contributed by atoms with Crippen molar-refractivity contribution < 1.29 is 0 Å². The normalized spacial score (nSPS) is 16.2. The maximum absolute atomic E-state index is 5.76. The molecule has 0 fully saturated rings. The topological polar surface area (TPSA) is 26.0 Å². The number of hydrogen-bond acceptors (Lipinski definition) is 2. The molecule has 0 heterocycles. The van der Waals surface area contributed by atoms with E-state index in [9.17, 15) is 0 Å². The highest BCUT2D eigenvalue weighted by Crippen LogP contribution is 2.26. The molecule has 0 amide bonds. The highest BCUT2D eigenvalue weighted by atomic mass is 32.2. The van der Waals surface area contributed by atoms with E-state index in [0.29, 0.717) is 16.2 Å². The van der Waals surface area contributed by atoms with E-state index in [-0.39, 0.29) is 0 Å². The van der Waals surface area contributed by atoms with Gasteiger partial charge in [0.05, 0.1) is 5.03 Å². The van der Waals surface area contributed by atoms with Gasteiger partial charge in [0, 0.05) is 5.25 Å². The Bertz CT molecular complexity index is 651. The molecule has 2 atom stereocenters. The number of allylic oxidation sites excluding steroid dienone is 4. The van der Waals surface area contributed by atoms with E-state index in [1.807, 2.05) is 0 Å². The van der Waals surface area contributed by atoms with Gasteiger partial charge in [0.1, 0.15) is 0 Å². The molecule has 0 saturated heterocycles. The Morgan fingerprint density at radius 1 is 1.16 bits per heavy atom. The summed E-state index contributed by atoms with van der Waals surface area (Å²) in [7, 11) is 0. The summed E-state index contributed by atoms with van der Waals surface area (Å²) in [6.07, 6.45) is 12.7. The zero-order valence-corrected chi connectivity index (χ0v) is 16.4. The van der Waals surface area contributed by atoms with Gasteiger partial charge in [-0.2, -0.15) is 0 Å². The van der Waals surface area contributed by atoms with Crippen molar-refractivity contribution in [1.29, 1.82) is 0 Å². The smallest absolute Gasteiger partial charge is 0.0587 e. The number of rotatable bonds is 9. The van der Waals surface area contributed by atoms with Crippen molar-refractivity contribution in [3.63, 3.8) is 0 Å². The second-order valence-corrected chi connectivity index (χ2v) is 8.39. The minimum atomic E-state index is 0.299. The quantitative estimate of drug-likeness (QED) is 0.536. The first-order valence-corrected chi connectivity index (χ1v) is 10.0. The first-order chi connectivity index (χ1) is 12.0.